The molecule has 0 spiro atoms. The Morgan fingerprint density at radius 1 is 1.38 bits per heavy atom. The number of hydrogen-bond donors (Lipinski definition) is 1. The van der Waals surface area contributed by atoms with Crippen molar-refractivity contribution < 1.29 is 14.4 Å². The van der Waals surface area contributed by atoms with Crippen LogP contribution >= 0.6 is 0 Å². The number of Topliss-reactive ketones (excluding diaryl/α,β-unsaturated/α-hetero) is 1. The Bertz CT molecular complexity index is 532. The second-order valence-corrected chi connectivity index (χ2v) is 3.33. The Morgan fingerprint density at radius 3 is 2.81 bits per heavy atom. The number of ketones is 2. The van der Waals surface area contributed by atoms with Gasteiger partial charge < -0.3 is 5.32 Å². The first-order valence-electron chi connectivity index (χ1n) is 4.63. The van der Waals surface area contributed by atoms with Crippen LogP contribution in [-0.2, 0) is 4.79 Å². The third kappa shape index (κ3) is 1.63. The van der Waals surface area contributed by atoms with Crippen molar-refractivity contribution in [1.82, 2.24) is 10.3 Å². The van der Waals surface area contributed by atoms with E-state index in [1.807, 2.05) is 0 Å². The van der Waals surface area contributed by atoms with Crippen LogP contribution in [0.25, 0.3) is 0 Å². The highest BCUT2D eigenvalue weighted by Gasteiger charge is 2.26. The molecule has 0 radical (unpaired) electrons. The summed E-state index contributed by atoms with van der Waals surface area (Å²) in [5, 5.41) is 2.31. The van der Waals surface area contributed by atoms with E-state index in [9.17, 15) is 14.4 Å². The molecule has 80 valence electrons. The van der Waals surface area contributed by atoms with Crippen molar-refractivity contribution in [2.75, 3.05) is 0 Å². The molecule has 0 fully saturated rings. The number of carbonyl (C=O) groups is 3. The van der Waals surface area contributed by atoms with Gasteiger partial charge in [0.1, 0.15) is 5.69 Å². The molecule has 2 rings (SSSR count). The molecule has 1 heterocycles. The van der Waals surface area contributed by atoms with E-state index in [2.05, 4.69) is 10.3 Å². The lowest BCUT2D eigenvalue weighted by Gasteiger charge is -2.13. The summed E-state index contributed by atoms with van der Waals surface area (Å²) >= 11 is 0. The Balaban J connectivity index is 2.47. The maximum atomic E-state index is 11.8. The molecule has 0 saturated carbocycles. The average molecular weight is 216 g/mol. The first kappa shape index (κ1) is 10.2. The maximum absolute atomic E-state index is 11.8. The molecule has 1 amide bonds. The van der Waals surface area contributed by atoms with Gasteiger partial charge in [-0.15, -0.1) is 0 Å². The van der Waals surface area contributed by atoms with Gasteiger partial charge in [0.05, 0.1) is 11.3 Å². The molecule has 5 heteroatoms. The molecule has 0 bridgehead atoms. The smallest absolute Gasteiger partial charge is 0.228 e. The van der Waals surface area contributed by atoms with Crippen LogP contribution in [0.15, 0.2) is 30.1 Å². The standard InChI is InChI=1S/C11H8N2O3/c1-6(14)13-8-5-9(15)7-3-2-4-12-10(7)11(8)16/h2-5H,1H3,(H,13,14). The number of aromatic nitrogens is 1. The van der Waals surface area contributed by atoms with Crippen LogP contribution in [0.4, 0.5) is 0 Å². The molecule has 0 aromatic carbocycles. The third-order valence-corrected chi connectivity index (χ3v) is 2.12. The third-order valence-electron chi connectivity index (χ3n) is 2.12. The van der Waals surface area contributed by atoms with Crippen LogP contribution in [0.2, 0.25) is 0 Å². The van der Waals surface area contributed by atoms with Gasteiger partial charge >= 0.3 is 0 Å². The fourth-order valence-corrected chi connectivity index (χ4v) is 1.47. The van der Waals surface area contributed by atoms with Crippen molar-refractivity contribution in [2.45, 2.75) is 6.92 Å². The average Bonchev–Trinajstić information content (AvgIpc) is 2.25. The predicted octanol–water partition coefficient (Wildman–Crippen LogP) is 0.481. The summed E-state index contributed by atoms with van der Waals surface area (Å²) in [7, 11) is 0. The summed E-state index contributed by atoms with van der Waals surface area (Å²) < 4.78 is 0. The zero-order valence-electron chi connectivity index (χ0n) is 8.48. The normalized spacial score (nSPS) is 14.2. The quantitative estimate of drug-likeness (QED) is 0.740. The molecule has 1 aromatic rings. The fraction of sp³-hybridized carbons (Fsp3) is 0.0909. The summed E-state index contributed by atoms with van der Waals surface area (Å²) in [5.74, 6) is -1.16. The number of hydrogen-bond acceptors (Lipinski definition) is 4. The van der Waals surface area contributed by atoms with Crippen LogP contribution in [0.1, 0.15) is 27.8 Å². The van der Waals surface area contributed by atoms with Crippen LogP contribution in [0.5, 0.6) is 0 Å². The Kier molecular flexibility index (Phi) is 2.36. The summed E-state index contributed by atoms with van der Waals surface area (Å²) in [5.41, 5.74) is 0.323. The molecule has 0 aliphatic heterocycles. The molecular formula is C11H8N2O3. The van der Waals surface area contributed by atoms with Crippen molar-refractivity contribution in [2.24, 2.45) is 0 Å². The lowest BCUT2D eigenvalue weighted by atomic mass is 9.97. The molecule has 0 atom stereocenters. The summed E-state index contributed by atoms with van der Waals surface area (Å²) in [6.45, 7) is 1.27. The van der Waals surface area contributed by atoms with Gasteiger partial charge in [-0.05, 0) is 12.1 Å². The molecular weight excluding hydrogens is 208 g/mol. The van der Waals surface area contributed by atoms with Crippen LogP contribution < -0.4 is 5.32 Å². The van der Waals surface area contributed by atoms with E-state index in [4.69, 9.17) is 0 Å². The molecule has 16 heavy (non-hydrogen) atoms. The van der Waals surface area contributed by atoms with Crippen molar-refractivity contribution in [3.05, 3.63) is 41.4 Å². The molecule has 1 N–H and O–H groups in total. The Hall–Kier alpha value is -2.30. The van der Waals surface area contributed by atoms with E-state index in [1.54, 1.807) is 6.07 Å². The first-order valence-corrected chi connectivity index (χ1v) is 4.63. The van der Waals surface area contributed by atoms with Gasteiger partial charge in [-0.25, -0.2) is 0 Å². The van der Waals surface area contributed by atoms with E-state index >= 15 is 0 Å². The van der Waals surface area contributed by atoms with E-state index in [0.717, 1.165) is 6.08 Å². The van der Waals surface area contributed by atoms with Crippen LogP contribution in [0, 0.1) is 0 Å². The van der Waals surface area contributed by atoms with E-state index in [-0.39, 0.29) is 22.7 Å². The second-order valence-electron chi connectivity index (χ2n) is 3.33. The number of allylic oxidation sites excluding steroid dienone is 2. The number of fused-ring (bicyclic) bond motifs is 1. The topological polar surface area (TPSA) is 76.1 Å². The zero-order valence-corrected chi connectivity index (χ0v) is 8.48. The largest absolute Gasteiger partial charge is 0.323 e. The number of carbonyl (C=O) groups excluding carboxylic acids is 3. The highest BCUT2D eigenvalue weighted by molar-refractivity contribution is 6.24. The number of nitrogens with one attached hydrogen (secondary N) is 1. The molecule has 1 aliphatic carbocycles. The highest BCUT2D eigenvalue weighted by atomic mass is 16.2. The van der Waals surface area contributed by atoms with Crippen molar-refractivity contribution in [3.8, 4) is 0 Å². The molecule has 0 unspecified atom stereocenters. The lowest BCUT2D eigenvalue weighted by Crippen LogP contribution is -2.30. The first-order chi connectivity index (χ1) is 7.59. The van der Waals surface area contributed by atoms with Gasteiger partial charge in [0.25, 0.3) is 0 Å². The van der Waals surface area contributed by atoms with Crippen LogP contribution in [0.3, 0.4) is 0 Å². The van der Waals surface area contributed by atoms with Gasteiger partial charge in [-0.1, -0.05) is 0 Å². The molecule has 1 aromatic heterocycles. The van der Waals surface area contributed by atoms with Gasteiger partial charge in [0.15, 0.2) is 5.78 Å². The molecule has 1 aliphatic rings. The van der Waals surface area contributed by atoms with Gasteiger partial charge in [0, 0.05) is 19.2 Å². The zero-order chi connectivity index (χ0) is 11.7. The van der Waals surface area contributed by atoms with Crippen molar-refractivity contribution in [3.63, 3.8) is 0 Å². The van der Waals surface area contributed by atoms with E-state index < -0.39 is 11.7 Å². The Labute approximate surface area is 91.2 Å². The van der Waals surface area contributed by atoms with Gasteiger partial charge in [-0.3, -0.25) is 19.4 Å². The number of amides is 1. The number of nitrogens with zero attached hydrogens (tertiary/aromatic N) is 1. The highest BCUT2D eigenvalue weighted by Crippen LogP contribution is 2.17. The second kappa shape index (κ2) is 3.69. The van der Waals surface area contributed by atoms with Gasteiger partial charge in [0.2, 0.25) is 11.7 Å². The minimum absolute atomic E-state index is 0.0244. The van der Waals surface area contributed by atoms with Crippen molar-refractivity contribution >= 4 is 17.5 Å². The van der Waals surface area contributed by atoms with Gasteiger partial charge in [-0.2, -0.15) is 0 Å². The molecule has 5 nitrogen and oxygen atoms in total. The van der Waals surface area contributed by atoms with Crippen LogP contribution in [-0.4, -0.2) is 22.5 Å². The molecule has 0 saturated heterocycles. The van der Waals surface area contributed by atoms with Crippen molar-refractivity contribution in [1.29, 1.82) is 0 Å². The SMILES string of the molecule is CC(=O)NC1=CC(=O)c2cccnc2C1=O. The summed E-state index contributed by atoms with van der Waals surface area (Å²) in [4.78, 5) is 38.1. The fourth-order valence-electron chi connectivity index (χ4n) is 1.47. The monoisotopic (exact) mass is 216 g/mol. The minimum atomic E-state index is -0.439. The maximum Gasteiger partial charge on any atom is 0.228 e. The Morgan fingerprint density at radius 2 is 2.12 bits per heavy atom. The van der Waals surface area contributed by atoms with E-state index in [0.29, 0.717) is 0 Å². The lowest BCUT2D eigenvalue weighted by molar-refractivity contribution is -0.118. The summed E-state index contributed by atoms with van der Waals surface area (Å²) in [6, 6.07) is 3.12. The number of pyridine rings is 1. The predicted molar refractivity (Wildman–Crippen MR) is 54.8 cm³/mol. The summed E-state index contributed by atoms with van der Waals surface area (Å²) in [6.07, 6.45) is 2.55. The number of rotatable bonds is 1. The van der Waals surface area contributed by atoms with E-state index in [1.165, 1.54) is 19.2 Å². The minimum Gasteiger partial charge on any atom is -0.323 e.